The highest BCUT2D eigenvalue weighted by Gasteiger charge is 2.24. The lowest BCUT2D eigenvalue weighted by molar-refractivity contribution is -0.0347. The molecule has 4 heteroatoms. The van der Waals surface area contributed by atoms with E-state index in [4.69, 9.17) is 10.5 Å². The van der Waals surface area contributed by atoms with E-state index in [1.807, 2.05) is 0 Å². The Morgan fingerprint density at radius 2 is 2.28 bits per heavy atom. The molecule has 1 unspecified atom stereocenters. The van der Waals surface area contributed by atoms with Gasteiger partial charge in [-0.1, -0.05) is 19.9 Å². The molecule has 1 aliphatic heterocycles. The summed E-state index contributed by atoms with van der Waals surface area (Å²) in [4.78, 5) is 2.33. The van der Waals surface area contributed by atoms with Gasteiger partial charge in [0, 0.05) is 30.9 Å². The van der Waals surface area contributed by atoms with Crippen LogP contribution in [0.4, 0.5) is 10.1 Å². The predicted molar refractivity (Wildman–Crippen MR) is 70.8 cm³/mol. The van der Waals surface area contributed by atoms with Gasteiger partial charge < -0.3 is 10.5 Å². The van der Waals surface area contributed by atoms with Crippen molar-refractivity contribution in [3.05, 3.63) is 29.6 Å². The van der Waals surface area contributed by atoms with Gasteiger partial charge in [-0.25, -0.2) is 4.39 Å². The number of rotatable bonds is 3. The fourth-order valence-electron chi connectivity index (χ4n) is 2.38. The van der Waals surface area contributed by atoms with Crippen LogP contribution in [-0.2, 0) is 4.74 Å². The van der Waals surface area contributed by atoms with Crippen molar-refractivity contribution >= 4 is 5.69 Å². The zero-order valence-corrected chi connectivity index (χ0v) is 11.0. The Morgan fingerprint density at radius 1 is 1.50 bits per heavy atom. The van der Waals surface area contributed by atoms with Crippen LogP contribution in [0, 0.1) is 11.7 Å². The van der Waals surface area contributed by atoms with Gasteiger partial charge in [0.05, 0.1) is 12.7 Å². The summed E-state index contributed by atoms with van der Waals surface area (Å²) >= 11 is 0. The van der Waals surface area contributed by atoms with Gasteiger partial charge in [0.1, 0.15) is 5.82 Å². The first-order chi connectivity index (χ1) is 8.56. The number of anilines is 1. The van der Waals surface area contributed by atoms with Crippen LogP contribution in [0.2, 0.25) is 0 Å². The van der Waals surface area contributed by atoms with Gasteiger partial charge >= 0.3 is 0 Å². The average Bonchev–Trinajstić information content (AvgIpc) is 2.28. The number of morpholine rings is 1. The van der Waals surface area contributed by atoms with Gasteiger partial charge in [0.25, 0.3) is 0 Å². The number of ether oxygens (including phenoxy) is 1. The highest BCUT2D eigenvalue weighted by molar-refractivity contribution is 5.41. The normalized spacial score (nSPS) is 21.4. The third kappa shape index (κ3) is 3.21. The van der Waals surface area contributed by atoms with E-state index in [1.54, 1.807) is 12.1 Å². The Bertz CT molecular complexity index is 409. The lowest BCUT2D eigenvalue weighted by Crippen LogP contribution is -2.40. The number of halogens is 1. The predicted octanol–water partition coefficient (Wildman–Crippen LogP) is 2.44. The molecular formula is C14H21FN2O. The Labute approximate surface area is 108 Å². The minimum Gasteiger partial charge on any atom is -0.399 e. The lowest BCUT2D eigenvalue weighted by atomic mass is 10.1. The van der Waals surface area contributed by atoms with Gasteiger partial charge in [-0.2, -0.15) is 0 Å². The van der Waals surface area contributed by atoms with Crippen LogP contribution in [0.25, 0.3) is 0 Å². The van der Waals surface area contributed by atoms with Crippen LogP contribution in [0.3, 0.4) is 0 Å². The maximum Gasteiger partial charge on any atom is 0.131 e. The second-order valence-electron chi connectivity index (χ2n) is 5.29. The number of benzene rings is 1. The maximum atomic E-state index is 13.8. The van der Waals surface area contributed by atoms with E-state index in [9.17, 15) is 4.39 Å². The minimum atomic E-state index is -0.272. The number of nitrogens with zero attached hydrogens (tertiary/aromatic N) is 1. The molecular weight excluding hydrogens is 231 g/mol. The first-order valence-corrected chi connectivity index (χ1v) is 6.45. The molecule has 0 amide bonds. The topological polar surface area (TPSA) is 38.5 Å². The number of hydrogen-bond acceptors (Lipinski definition) is 3. The molecule has 1 aromatic rings. The molecule has 1 heterocycles. The molecule has 0 radical (unpaired) electrons. The molecule has 2 N–H and O–H groups in total. The SMILES string of the molecule is CC(C)CN1CCOC(c2ccc(N)cc2F)C1. The quantitative estimate of drug-likeness (QED) is 0.840. The fourth-order valence-corrected chi connectivity index (χ4v) is 2.38. The smallest absolute Gasteiger partial charge is 0.131 e. The van der Waals surface area contributed by atoms with E-state index >= 15 is 0 Å². The van der Waals surface area contributed by atoms with E-state index in [2.05, 4.69) is 18.7 Å². The Balaban J connectivity index is 2.08. The van der Waals surface area contributed by atoms with Crippen LogP contribution in [0.5, 0.6) is 0 Å². The zero-order chi connectivity index (χ0) is 13.1. The van der Waals surface area contributed by atoms with E-state index in [0.717, 1.165) is 19.6 Å². The molecule has 3 nitrogen and oxygen atoms in total. The third-order valence-corrected chi connectivity index (χ3v) is 3.15. The first-order valence-electron chi connectivity index (χ1n) is 6.45. The molecule has 100 valence electrons. The van der Waals surface area contributed by atoms with Gasteiger partial charge in [0.15, 0.2) is 0 Å². The van der Waals surface area contributed by atoms with Crippen molar-refractivity contribution in [2.24, 2.45) is 5.92 Å². The van der Waals surface area contributed by atoms with Crippen LogP contribution in [-0.4, -0.2) is 31.1 Å². The highest BCUT2D eigenvalue weighted by atomic mass is 19.1. The zero-order valence-electron chi connectivity index (χ0n) is 11.0. The molecule has 1 aliphatic rings. The Morgan fingerprint density at radius 3 is 2.94 bits per heavy atom. The molecule has 0 bridgehead atoms. The molecule has 18 heavy (non-hydrogen) atoms. The maximum absolute atomic E-state index is 13.8. The summed E-state index contributed by atoms with van der Waals surface area (Å²) in [6, 6.07) is 4.82. The van der Waals surface area contributed by atoms with E-state index in [0.29, 0.717) is 23.8 Å². The molecule has 0 aliphatic carbocycles. The number of hydrogen-bond donors (Lipinski definition) is 1. The third-order valence-electron chi connectivity index (χ3n) is 3.15. The van der Waals surface area contributed by atoms with E-state index in [-0.39, 0.29) is 11.9 Å². The average molecular weight is 252 g/mol. The molecule has 1 aromatic carbocycles. The largest absolute Gasteiger partial charge is 0.399 e. The Hall–Kier alpha value is -1.13. The first kappa shape index (κ1) is 13.3. The number of nitrogens with two attached hydrogens (primary N) is 1. The summed E-state index contributed by atoms with van der Waals surface area (Å²) in [6.07, 6.45) is -0.182. The van der Waals surface area contributed by atoms with Crippen molar-refractivity contribution < 1.29 is 9.13 Å². The highest BCUT2D eigenvalue weighted by Crippen LogP contribution is 2.26. The van der Waals surface area contributed by atoms with Crippen molar-refractivity contribution in [2.45, 2.75) is 20.0 Å². The fraction of sp³-hybridized carbons (Fsp3) is 0.571. The monoisotopic (exact) mass is 252 g/mol. The summed E-state index contributed by atoms with van der Waals surface area (Å²) in [5.74, 6) is 0.339. The van der Waals surface area contributed by atoms with Gasteiger partial charge in [0.2, 0.25) is 0 Å². The summed E-state index contributed by atoms with van der Waals surface area (Å²) < 4.78 is 19.5. The molecule has 0 spiro atoms. The molecule has 1 saturated heterocycles. The molecule has 2 rings (SSSR count). The van der Waals surface area contributed by atoms with E-state index < -0.39 is 0 Å². The molecule has 0 aromatic heterocycles. The number of nitrogen functional groups attached to an aromatic ring is 1. The van der Waals surface area contributed by atoms with Crippen LogP contribution in [0.15, 0.2) is 18.2 Å². The van der Waals surface area contributed by atoms with E-state index in [1.165, 1.54) is 6.07 Å². The van der Waals surface area contributed by atoms with Gasteiger partial charge in [-0.3, -0.25) is 4.90 Å². The van der Waals surface area contributed by atoms with Crippen molar-refractivity contribution in [3.8, 4) is 0 Å². The van der Waals surface area contributed by atoms with Crippen molar-refractivity contribution in [2.75, 3.05) is 32.0 Å². The second kappa shape index (κ2) is 5.67. The summed E-state index contributed by atoms with van der Waals surface area (Å²) in [7, 11) is 0. The summed E-state index contributed by atoms with van der Waals surface area (Å²) in [5.41, 5.74) is 6.62. The van der Waals surface area contributed by atoms with Gasteiger partial charge in [-0.05, 0) is 18.1 Å². The summed E-state index contributed by atoms with van der Waals surface area (Å²) in [5, 5.41) is 0. The molecule has 1 fully saturated rings. The van der Waals surface area contributed by atoms with Crippen molar-refractivity contribution in [1.29, 1.82) is 0 Å². The standard InChI is InChI=1S/C14H21FN2O/c1-10(2)8-17-5-6-18-14(9-17)12-4-3-11(16)7-13(12)15/h3-4,7,10,14H,5-6,8-9,16H2,1-2H3. The van der Waals surface area contributed by atoms with Crippen molar-refractivity contribution in [1.82, 2.24) is 4.90 Å². The molecule has 1 atom stereocenters. The lowest BCUT2D eigenvalue weighted by Gasteiger charge is -2.34. The van der Waals surface area contributed by atoms with Crippen LogP contribution < -0.4 is 5.73 Å². The van der Waals surface area contributed by atoms with Gasteiger partial charge in [-0.15, -0.1) is 0 Å². The second-order valence-corrected chi connectivity index (χ2v) is 5.29. The van der Waals surface area contributed by atoms with Crippen LogP contribution >= 0.6 is 0 Å². The van der Waals surface area contributed by atoms with Crippen LogP contribution in [0.1, 0.15) is 25.5 Å². The summed E-state index contributed by atoms with van der Waals surface area (Å²) in [6.45, 7) is 7.73. The molecule has 0 saturated carbocycles. The minimum absolute atomic E-state index is 0.182. The Kier molecular flexibility index (Phi) is 4.19. The van der Waals surface area contributed by atoms with Crippen molar-refractivity contribution in [3.63, 3.8) is 0 Å².